The van der Waals surface area contributed by atoms with Crippen LogP contribution in [0, 0.1) is 5.82 Å². The molecule has 3 aromatic rings. The number of carbonyl (C=O) groups excluding carboxylic acids is 1. The maximum atomic E-state index is 13.6. The fourth-order valence-electron chi connectivity index (χ4n) is 2.14. The molecule has 0 fully saturated rings. The molecule has 2 aromatic carbocycles. The molecule has 0 aliphatic rings. The van der Waals surface area contributed by atoms with E-state index in [1.165, 1.54) is 12.1 Å². The predicted octanol–water partition coefficient (Wildman–Crippen LogP) is 4.31. The molecule has 1 heterocycles. The fraction of sp³-hybridized carbons (Fsp3) is 0.176. The van der Waals surface area contributed by atoms with Crippen molar-refractivity contribution in [3.63, 3.8) is 0 Å². The first-order chi connectivity index (χ1) is 11.5. The van der Waals surface area contributed by atoms with Crippen LogP contribution < -0.4 is 10.1 Å². The molecule has 0 aliphatic carbocycles. The monoisotopic (exact) mass is 392 g/mol. The minimum atomic E-state index is -0.534. The van der Waals surface area contributed by atoms with E-state index in [0.29, 0.717) is 33.6 Å². The van der Waals surface area contributed by atoms with E-state index in [0.717, 1.165) is 0 Å². The van der Waals surface area contributed by atoms with Gasteiger partial charge in [0, 0.05) is 16.6 Å². The maximum absolute atomic E-state index is 13.6. The van der Waals surface area contributed by atoms with Crippen molar-refractivity contribution in [1.29, 1.82) is 0 Å². The Bertz CT molecular complexity index is 895. The van der Waals surface area contributed by atoms with E-state index in [1.807, 2.05) is 6.92 Å². The van der Waals surface area contributed by atoms with Crippen LogP contribution >= 0.6 is 15.9 Å². The van der Waals surface area contributed by atoms with Crippen molar-refractivity contribution < 1.29 is 18.3 Å². The molecule has 124 valence electrons. The summed E-state index contributed by atoms with van der Waals surface area (Å²) in [6.07, 6.45) is 0.697. The maximum Gasteiger partial charge on any atom is 0.262 e. The number of ether oxygens (including phenoxy) is 1. The fourth-order valence-corrected chi connectivity index (χ4v) is 2.47. The van der Waals surface area contributed by atoms with Crippen molar-refractivity contribution >= 4 is 38.6 Å². The quantitative estimate of drug-likeness (QED) is 0.702. The lowest BCUT2D eigenvalue weighted by Crippen LogP contribution is -2.20. The van der Waals surface area contributed by atoms with Gasteiger partial charge in [0.05, 0.1) is 0 Å². The lowest BCUT2D eigenvalue weighted by Gasteiger charge is -2.08. The van der Waals surface area contributed by atoms with E-state index < -0.39 is 11.7 Å². The zero-order valence-electron chi connectivity index (χ0n) is 12.8. The van der Waals surface area contributed by atoms with Crippen molar-refractivity contribution in [2.75, 3.05) is 11.9 Å². The normalized spacial score (nSPS) is 10.8. The van der Waals surface area contributed by atoms with Crippen molar-refractivity contribution in [2.24, 2.45) is 0 Å². The van der Waals surface area contributed by atoms with Crippen molar-refractivity contribution in [3.05, 3.63) is 52.6 Å². The SMILES string of the molecule is CCc1nc2cc(NC(=O)COc3ccc(Br)cc3F)ccc2o1. The summed E-state index contributed by atoms with van der Waals surface area (Å²) in [4.78, 5) is 16.3. The first kappa shape index (κ1) is 16.4. The van der Waals surface area contributed by atoms with Crippen LogP contribution in [0.1, 0.15) is 12.8 Å². The van der Waals surface area contributed by atoms with Gasteiger partial charge in [-0.1, -0.05) is 22.9 Å². The highest BCUT2D eigenvalue weighted by Crippen LogP contribution is 2.22. The van der Waals surface area contributed by atoms with Crippen LogP contribution in [0.3, 0.4) is 0 Å². The molecule has 0 saturated heterocycles. The predicted molar refractivity (Wildman–Crippen MR) is 91.6 cm³/mol. The second-order valence-electron chi connectivity index (χ2n) is 5.06. The topological polar surface area (TPSA) is 64.4 Å². The Morgan fingerprint density at radius 2 is 2.17 bits per heavy atom. The first-order valence-corrected chi connectivity index (χ1v) is 8.11. The molecule has 1 aromatic heterocycles. The molecule has 3 rings (SSSR count). The summed E-state index contributed by atoms with van der Waals surface area (Å²) in [6.45, 7) is 1.65. The highest BCUT2D eigenvalue weighted by atomic mass is 79.9. The molecule has 0 aliphatic heterocycles. The van der Waals surface area contributed by atoms with Crippen LogP contribution in [0.5, 0.6) is 5.75 Å². The van der Waals surface area contributed by atoms with E-state index in [-0.39, 0.29) is 12.4 Å². The lowest BCUT2D eigenvalue weighted by molar-refractivity contribution is -0.118. The van der Waals surface area contributed by atoms with Crippen LogP contribution in [0.2, 0.25) is 0 Å². The third-order valence-electron chi connectivity index (χ3n) is 3.27. The number of oxazole rings is 1. The van der Waals surface area contributed by atoms with Crippen LogP contribution in [-0.2, 0) is 11.2 Å². The lowest BCUT2D eigenvalue weighted by atomic mass is 10.3. The number of hydrogen-bond acceptors (Lipinski definition) is 4. The Kier molecular flexibility index (Phi) is 4.80. The van der Waals surface area contributed by atoms with E-state index in [9.17, 15) is 9.18 Å². The smallest absolute Gasteiger partial charge is 0.262 e. The molecule has 0 bridgehead atoms. The first-order valence-electron chi connectivity index (χ1n) is 7.32. The van der Waals surface area contributed by atoms with E-state index in [4.69, 9.17) is 9.15 Å². The second-order valence-corrected chi connectivity index (χ2v) is 5.97. The molecule has 0 atom stereocenters. The minimum Gasteiger partial charge on any atom is -0.481 e. The van der Waals surface area contributed by atoms with Crippen LogP contribution in [0.4, 0.5) is 10.1 Å². The van der Waals surface area contributed by atoms with Gasteiger partial charge in [0.2, 0.25) is 0 Å². The zero-order valence-corrected chi connectivity index (χ0v) is 14.4. The van der Waals surface area contributed by atoms with Gasteiger partial charge in [-0.25, -0.2) is 9.37 Å². The van der Waals surface area contributed by atoms with Crippen LogP contribution in [0.15, 0.2) is 45.3 Å². The summed E-state index contributed by atoms with van der Waals surface area (Å²) in [5.41, 5.74) is 1.91. The van der Waals surface area contributed by atoms with E-state index in [2.05, 4.69) is 26.2 Å². The number of hydrogen-bond donors (Lipinski definition) is 1. The Balaban J connectivity index is 1.64. The average molecular weight is 393 g/mol. The van der Waals surface area contributed by atoms with Crippen molar-refractivity contribution in [3.8, 4) is 5.75 Å². The molecular weight excluding hydrogens is 379 g/mol. The summed E-state index contributed by atoms with van der Waals surface area (Å²) >= 11 is 3.16. The Morgan fingerprint density at radius 1 is 1.33 bits per heavy atom. The molecule has 1 N–H and O–H groups in total. The van der Waals surface area contributed by atoms with Crippen molar-refractivity contribution in [2.45, 2.75) is 13.3 Å². The molecule has 0 radical (unpaired) electrons. The summed E-state index contributed by atoms with van der Waals surface area (Å²) in [5, 5.41) is 2.69. The minimum absolute atomic E-state index is 0.0212. The number of benzene rings is 2. The summed E-state index contributed by atoms with van der Waals surface area (Å²) in [7, 11) is 0. The number of amides is 1. The van der Waals surface area contributed by atoms with Gasteiger partial charge in [-0.05, 0) is 36.4 Å². The molecule has 7 heteroatoms. The van der Waals surface area contributed by atoms with Gasteiger partial charge in [0.1, 0.15) is 5.52 Å². The van der Waals surface area contributed by atoms with E-state index in [1.54, 1.807) is 24.3 Å². The number of nitrogens with zero attached hydrogens (tertiary/aromatic N) is 1. The van der Waals surface area contributed by atoms with E-state index >= 15 is 0 Å². The number of nitrogens with one attached hydrogen (secondary N) is 1. The molecule has 5 nitrogen and oxygen atoms in total. The molecule has 0 unspecified atom stereocenters. The van der Waals surface area contributed by atoms with Gasteiger partial charge in [0.15, 0.2) is 29.6 Å². The van der Waals surface area contributed by atoms with Gasteiger partial charge in [-0.2, -0.15) is 0 Å². The Hall–Kier alpha value is -2.41. The number of rotatable bonds is 5. The highest BCUT2D eigenvalue weighted by Gasteiger charge is 2.10. The number of anilines is 1. The molecule has 1 amide bonds. The second kappa shape index (κ2) is 7.00. The van der Waals surface area contributed by atoms with Gasteiger partial charge in [0.25, 0.3) is 5.91 Å². The molecule has 0 saturated carbocycles. The average Bonchev–Trinajstić information content (AvgIpc) is 2.96. The van der Waals surface area contributed by atoms with Gasteiger partial charge < -0.3 is 14.5 Å². The third kappa shape index (κ3) is 3.73. The van der Waals surface area contributed by atoms with Crippen LogP contribution in [-0.4, -0.2) is 17.5 Å². The van der Waals surface area contributed by atoms with Gasteiger partial charge >= 0.3 is 0 Å². The molecule has 0 spiro atoms. The Morgan fingerprint density at radius 3 is 2.92 bits per heavy atom. The number of aryl methyl sites for hydroxylation is 1. The third-order valence-corrected chi connectivity index (χ3v) is 3.76. The van der Waals surface area contributed by atoms with Gasteiger partial charge in [-0.3, -0.25) is 4.79 Å². The van der Waals surface area contributed by atoms with Gasteiger partial charge in [-0.15, -0.1) is 0 Å². The number of fused-ring (bicyclic) bond motifs is 1. The number of carbonyl (C=O) groups is 1. The number of halogens is 2. The Labute approximate surface area is 146 Å². The van der Waals surface area contributed by atoms with Crippen molar-refractivity contribution in [1.82, 2.24) is 4.98 Å². The summed E-state index contributed by atoms with van der Waals surface area (Å²) in [5.74, 6) is -0.264. The molecule has 24 heavy (non-hydrogen) atoms. The van der Waals surface area contributed by atoms with Crippen LogP contribution in [0.25, 0.3) is 11.1 Å². The molecular formula is C17H14BrFN2O3. The number of aromatic nitrogens is 1. The standard InChI is InChI=1S/C17H14BrFN2O3/c1-2-17-21-13-8-11(4-6-15(13)24-17)20-16(22)9-23-14-5-3-10(18)7-12(14)19/h3-8H,2,9H2,1H3,(H,20,22). The summed E-state index contributed by atoms with van der Waals surface area (Å²) < 4.78 is 24.9. The summed E-state index contributed by atoms with van der Waals surface area (Å²) in [6, 6.07) is 9.55. The largest absolute Gasteiger partial charge is 0.481 e. The zero-order chi connectivity index (χ0) is 17.1. The highest BCUT2D eigenvalue weighted by molar-refractivity contribution is 9.10.